The van der Waals surface area contributed by atoms with Crippen LogP contribution in [0.15, 0.2) is 48.7 Å². The first-order valence-corrected chi connectivity index (χ1v) is 8.86. The Hall–Kier alpha value is -2.63. The number of fused-ring (bicyclic) bond motifs is 1. The zero-order chi connectivity index (χ0) is 21.7. The highest BCUT2D eigenvalue weighted by molar-refractivity contribution is 6.36. The van der Waals surface area contributed by atoms with Gasteiger partial charge in [-0.15, -0.1) is 0 Å². The van der Waals surface area contributed by atoms with Crippen LogP contribution in [0.5, 0.6) is 5.75 Å². The van der Waals surface area contributed by atoms with Gasteiger partial charge in [0.05, 0.1) is 12.1 Å². The lowest BCUT2D eigenvalue weighted by atomic mass is 10.1. The maximum absolute atomic E-state index is 8.00. The van der Waals surface area contributed by atoms with Gasteiger partial charge >= 0.3 is 0 Å². The second kappa shape index (κ2) is 13.5. The van der Waals surface area contributed by atoms with Gasteiger partial charge in [0.15, 0.2) is 0 Å². The Morgan fingerprint density at radius 3 is 2.04 bits per heavy atom. The van der Waals surface area contributed by atoms with Crippen LogP contribution >= 0.6 is 11.6 Å². The Morgan fingerprint density at radius 1 is 1.04 bits per heavy atom. The number of ether oxygens (including phenoxy) is 1. The standard InChI is InChI=1S/C13H17ClN2O.C7H8.2CH2O/c1-15(2)7-9-12(17-4)6-5-11-13(9)10(14)8-16(11)3;1-7-5-3-2-4-6-7;2*1-2/h5-6,8H,7H2,1-4H3;2-6H,1H3;2*1H2. The molecule has 0 radical (unpaired) electrons. The number of carbonyl (C=O) groups is 2. The summed E-state index contributed by atoms with van der Waals surface area (Å²) in [5, 5.41) is 1.86. The third kappa shape index (κ3) is 7.18. The van der Waals surface area contributed by atoms with Crippen LogP contribution in [0.25, 0.3) is 10.9 Å². The van der Waals surface area contributed by atoms with Crippen molar-refractivity contribution in [2.45, 2.75) is 13.5 Å². The summed E-state index contributed by atoms with van der Waals surface area (Å²) >= 11 is 6.30. The fraction of sp³-hybridized carbons (Fsp3) is 0.273. The molecule has 0 N–H and O–H groups in total. The molecule has 0 aliphatic rings. The molecule has 2 aromatic carbocycles. The quantitative estimate of drug-likeness (QED) is 0.643. The molecule has 6 heteroatoms. The van der Waals surface area contributed by atoms with Gasteiger partial charge in [0.25, 0.3) is 0 Å². The van der Waals surface area contributed by atoms with Crippen molar-refractivity contribution in [3.63, 3.8) is 0 Å². The third-order valence-corrected chi connectivity index (χ3v) is 4.10. The van der Waals surface area contributed by atoms with Crippen LogP contribution in [0.3, 0.4) is 0 Å². The topological polar surface area (TPSA) is 51.5 Å². The van der Waals surface area contributed by atoms with Crippen LogP contribution < -0.4 is 4.74 Å². The summed E-state index contributed by atoms with van der Waals surface area (Å²) in [6.07, 6.45) is 1.94. The van der Waals surface area contributed by atoms with E-state index >= 15 is 0 Å². The van der Waals surface area contributed by atoms with Crippen LogP contribution in [0, 0.1) is 6.92 Å². The minimum atomic E-state index is 0.776. The van der Waals surface area contributed by atoms with Crippen molar-refractivity contribution < 1.29 is 14.3 Å². The average molecular weight is 405 g/mol. The van der Waals surface area contributed by atoms with Gasteiger partial charge < -0.3 is 23.8 Å². The van der Waals surface area contributed by atoms with Crippen LogP contribution in [-0.4, -0.2) is 44.3 Å². The zero-order valence-corrected chi connectivity index (χ0v) is 18.0. The van der Waals surface area contributed by atoms with Crippen molar-refractivity contribution in [3.8, 4) is 5.75 Å². The lowest BCUT2D eigenvalue weighted by Gasteiger charge is -2.15. The number of hydrogen-bond acceptors (Lipinski definition) is 4. The molecule has 0 saturated heterocycles. The molecule has 3 aromatic rings. The molecule has 0 saturated carbocycles. The highest BCUT2D eigenvalue weighted by Gasteiger charge is 2.14. The van der Waals surface area contributed by atoms with Crippen molar-refractivity contribution in [1.29, 1.82) is 0 Å². The van der Waals surface area contributed by atoms with Crippen molar-refractivity contribution in [2.75, 3.05) is 21.2 Å². The van der Waals surface area contributed by atoms with Gasteiger partial charge in [-0.2, -0.15) is 0 Å². The number of aromatic nitrogens is 1. The van der Waals surface area contributed by atoms with Gasteiger partial charge in [-0.05, 0) is 33.2 Å². The van der Waals surface area contributed by atoms with Gasteiger partial charge in [-0.3, -0.25) is 0 Å². The number of aryl methyl sites for hydroxylation is 2. The predicted molar refractivity (Wildman–Crippen MR) is 117 cm³/mol. The first-order valence-electron chi connectivity index (χ1n) is 8.48. The normalized spacial score (nSPS) is 9.39. The van der Waals surface area contributed by atoms with Crippen molar-refractivity contribution >= 4 is 36.1 Å². The van der Waals surface area contributed by atoms with Gasteiger partial charge in [-0.1, -0.05) is 47.5 Å². The number of benzene rings is 2. The predicted octanol–water partition coefficient (Wildman–Crippen LogP) is 4.53. The molecule has 1 aromatic heterocycles. The van der Waals surface area contributed by atoms with Gasteiger partial charge in [0.2, 0.25) is 0 Å². The first-order chi connectivity index (χ1) is 13.4. The summed E-state index contributed by atoms with van der Waals surface area (Å²) < 4.78 is 7.46. The molecular formula is C22H29ClN2O3. The molecule has 0 aliphatic carbocycles. The summed E-state index contributed by atoms with van der Waals surface area (Å²) in [6.45, 7) is 6.89. The molecule has 0 unspecified atom stereocenters. The maximum atomic E-state index is 8.00. The van der Waals surface area contributed by atoms with Crippen LogP contribution in [-0.2, 0) is 23.2 Å². The minimum absolute atomic E-state index is 0.776. The Balaban J connectivity index is 0.000000553. The molecule has 0 amide bonds. The molecule has 28 heavy (non-hydrogen) atoms. The van der Waals surface area contributed by atoms with E-state index in [4.69, 9.17) is 25.9 Å². The van der Waals surface area contributed by atoms with Crippen LogP contribution in [0.1, 0.15) is 11.1 Å². The van der Waals surface area contributed by atoms with E-state index in [9.17, 15) is 0 Å². The summed E-state index contributed by atoms with van der Waals surface area (Å²) in [4.78, 5) is 18.1. The number of hydrogen-bond donors (Lipinski definition) is 0. The molecule has 5 nitrogen and oxygen atoms in total. The van der Waals surface area contributed by atoms with Gasteiger partial charge in [-0.25, -0.2) is 0 Å². The second-order valence-electron chi connectivity index (χ2n) is 6.12. The average Bonchev–Trinajstić information content (AvgIpc) is 3.00. The molecule has 0 bridgehead atoms. The highest BCUT2D eigenvalue weighted by atomic mass is 35.5. The van der Waals surface area contributed by atoms with Gasteiger partial charge in [0, 0.05) is 36.3 Å². The lowest BCUT2D eigenvalue weighted by molar-refractivity contribution is -0.0987. The summed E-state index contributed by atoms with van der Waals surface area (Å²) in [5.41, 5.74) is 3.59. The fourth-order valence-electron chi connectivity index (χ4n) is 2.68. The number of methoxy groups -OCH3 is 1. The molecule has 1 heterocycles. The van der Waals surface area contributed by atoms with Crippen molar-refractivity contribution in [2.24, 2.45) is 7.05 Å². The van der Waals surface area contributed by atoms with E-state index in [2.05, 4.69) is 24.0 Å². The molecule has 0 fully saturated rings. The van der Waals surface area contributed by atoms with Crippen LogP contribution in [0.2, 0.25) is 5.02 Å². The number of nitrogens with zero attached hydrogens (tertiary/aromatic N) is 2. The smallest absolute Gasteiger partial charge is 0.124 e. The maximum Gasteiger partial charge on any atom is 0.124 e. The molecule has 152 valence electrons. The van der Waals surface area contributed by atoms with E-state index < -0.39 is 0 Å². The van der Waals surface area contributed by atoms with Crippen LogP contribution in [0.4, 0.5) is 0 Å². The number of halogens is 1. The van der Waals surface area contributed by atoms with Crippen molar-refractivity contribution in [3.05, 3.63) is 64.8 Å². The van der Waals surface area contributed by atoms with Gasteiger partial charge in [0.1, 0.15) is 19.3 Å². The number of rotatable bonds is 3. The Kier molecular flexibility index (Phi) is 12.3. The second-order valence-corrected chi connectivity index (χ2v) is 6.53. The number of carbonyl (C=O) groups excluding carboxylic acids is 2. The molecule has 0 atom stereocenters. The SMILES string of the molecule is C=O.C=O.COc1ccc2c(c(Cl)cn2C)c1CN(C)C.Cc1ccccc1. The Labute approximate surface area is 172 Å². The van der Waals surface area contributed by atoms with E-state index in [0.29, 0.717) is 0 Å². The Bertz CT molecular complexity index is 831. The fourth-order valence-corrected chi connectivity index (χ4v) is 3.04. The monoisotopic (exact) mass is 404 g/mol. The van der Waals surface area contributed by atoms with E-state index in [0.717, 1.165) is 33.8 Å². The zero-order valence-electron chi connectivity index (χ0n) is 17.2. The molecular weight excluding hydrogens is 376 g/mol. The third-order valence-electron chi connectivity index (χ3n) is 3.81. The van der Waals surface area contributed by atoms with E-state index in [1.54, 1.807) is 7.11 Å². The summed E-state index contributed by atoms with van der Waals surface area (Å²) in [5.74, 6) is 0.888. The van der Waals surface area contributed by atoms with E-state index in [-0.39, 0.29) is 0 Å². The van der Waals surface area contributed by atoms with E-state index in [1.165, 1.54) is 5.56 Å². The first kappa shape index (κ1) is 25.4. The molecule has 0 spiro atoms. The molecule has 0 aliphatic heterocycles. The largest absolute Gasteiger partial charge is 0.496 e. The lowest BCUT2D eigenvalue weighted by Crippen LogP contribution is -2.12. The molecule has 3 rings (SSSR count). The summed E-state index contributed by atoms with van der Waals surface area (Å²) in [6, 6.07) is 14.3. The van der Waals surface area contributed by atoms with Crippen molar-refractivity contribution in [1.82, 2.24) is 9.47 Å². The minimum Gasteiger partial charge on any atom is -0.496 e. The summed E-state index contributed by atoms with van der Waals surface area (Å²) in [7, 11) is 7.77. The van der Waals surface area contributed by atoms with E-state index in [1.807, 2.05) is 75.8 Å². The Morgan fingerprint density at radius 2 is 1.61 bits per heavy atom. The highest BCUT2D eigenvalue weighted by Crippen LogP contribution is 2.34.